The quantitative estimate of drug-likeness (QED) is 0.523. The molecule has 4 heteroatoms. The highest BCUT2D eigenvalue weighted by Gasteiger charge is 2.23. The Morgan fingerprint density at radius 3 is 3.08 bits per heavy atom. The van der Waals surface area contributed by atoms with E-state index in [1.807, 2.05) is 0 Å². The standard InChI is InChI=1S/C8H16N2O2/c9-7(5-11)4-6-2-1-3-10-8(6)12/h6-7,11H,1-5,9H2,(H,10,12). The van der Waals surface area contributed by atoms with Crippen LogP contribution in [0, 0.1) is 5.92 Å². The maximum absolute atomic E-state index is 11.2. The van der Waals surface area contributed by atoms with Crippen LogP contribution in [0.15, 0.2) is 0 Å². The van der Waals surface area contributed by atoms with E-state index < -0.39 is 0 Å². The lowest BCUT2D eigenvalue weighted by Crippen LogP contribution is -2.40. The first-order valence-electron chi connectivity index (χ1n) is 4.38. The van der Waals surface area contributed by atoms with Gasteiger partial charge in [0, 0.05) is 18.5 Å². The summed E-state index contributed by atoms with van der Waals surface area (Å²) in [6, 6.07) is -0.251. The third-order valence-corrected chi connectivity index (χ3v) is 2.22. The van der Waals surface area contributed by atoms with Crippen molar-refractivity contribution < 1.29 is 9.90 Å². The van der Waals surface area contributed by atoms with E-state index in [2.05, 4.69) is 5.32 Å². The van der Waals surface area contributed by atoms with E-state index >= 15 is 0 Å². The zero-order valence-corrected chi connectivity index (χ0v) is 7.12. The molecule has 0 bridgehead atoms. The molecule has 2 atom stereocenters. The Balaban J connectivity index is 2.34. The molecule has 70 valence electrons. The van der Waals surface area contributed by atoms with E-state index in [0.717, 1.165) is 19.4 Å². The van der Waals surface area contributed by atoms with Crippen LogP contribution in [0.25, 0.3) is 0 Å². The number of carbonyl (C=O) groups is 1. The normalized spacial score (nSPS) is 26.5. The molecule has 1 fully saturated rings. The van der Waals surface area contributed by atoms with Gasteiger partial charge in [0.25, 0.3) is 0 Å². The molecule has 0 aromatic rings. The molecule has 0 aliphatic carbocycles. The number of piperidine rings is 1. The predicted molar refractivity (Wildman–Crippen MR) is 45.4 cm³/mol. The van der Waals surface area contributed by atoms with Crippen molar-refractivity contribution >= 4 is 5.91 Å². The highest BCUT2D eigenvalue weighted by atomic mass is 16.3. The topological polar surface area (TPSA) is 75.3 Å². The van der Waals surface area contributed by atoms with E-state index in [1.54, 1.807) is 0 Å². The number of aliphatic hydroxyl groups excluding tert-OH is 1. The zero-order chi connectivity index (χ0) is 8.97. The first-order chi connectivity index (χ1) is 5.74. The average molecular weight is 172 g/mol. The summed E-state index contributed by atoms with van der Waals surface area (Å²) in [7, 11) is 0. The highest BCUT2D eigenvalue weighted by Crippen LogP contribution is 2.16. The highest BCUT2D eigenvalue weighted by molar-refractivity contribution is 5.79. The smallest absolute Gasteiger partial charge is 0.223 e. The first kappa shape index (κ1) is 9.48. The Bertz CT molecular complexity index is 161. The number of carbonyl (C=O) groups excluding carboxylic acids is 1. The van der Waals surface area contributed by atoms with Gasteiger partial charge in [-0.3, -0.25) is 4.79 Å². The molecule has 1 aliphatic rings. The fourth-order valence-electron chi connectivity index (χ4n) is 1.50. The third kappa shape index (κ3) is 2.46. The van der Waals surface area contributed by atoms with Gasteiger partial charge < -0.3 is 16.2 Å². The van der Waals surface area contributed by atoms with Crippen LogP contribution >= 0.6 is 0 Å². The molecule has 0 radical (unpaired) electrons. The van der Waals surface area contributed by atoms with Gasteiger partial charge in [-0.2, -0.15) is 0 Å². The molecule has 4 nitrogen and oxygen atoms in total. The molecule has 12 heavy (non-hydrogen) atoms. The Labute approximate surface area is 72.1 Å². The SMILES string of the molecule is NC(CO)CC1CCCNC1=O. The molecule has 0 spiro atoms. The minimum absolute atomic E-state index is 0.0147. The van der Waals surface area contributed by atoms with E-state index in [4.69, 9.17) is 10.8 Å². The van der Waals surface area contributed by atoms with Crippen molar-refractivity contribution in [3.63, 3.8) is 0 Å². The summed E-state index contributed by atoms with van der Waals surface area (Å²) in [5.41, 5.74) is 5.54. The molecule has 2 unspecified atom stereocenters. The molecular weight excluding hydrogens is 156 g/mol. The summed E-state index contributed by atoms with van der Waals surface area (Å²) in [5, 5.41) is 11.5. The maximum Gasteiger partial charge on any atom is 0.223 e. The molecule has 1 aliphatic heterocycles. The van der Waals surface area contributed by atoms with E-state index in [0.29, 0.717) is 6.42 Å². The Morgan fingerprint density at radius 1 is 1.75 bits per heavy atom. The van der Waals surface area contributed by atoms with Gasteiger partial charge in [0.05, 0.1) is 6.61 Å². The van der Waals surface area contributed by atoms with Crippen LogP contribution in [0.3, 0.4) is 0 Å². The van der Waals surface area contributed by atoms with Crippen LogP contribution in [0.1, 0.15) is 19.3 Å². The summed E-state index contributed by atoms with van der Waals surface area (Å²) in [6.45, 7) is 0.744. The minimum Gasteiger partial charge on any atom is -0.395 e. The van der Waals surface area contributed by atoms with E-state index in [1.165, 1.54) is 0 Å². The lowest BCUT2D eigenvalue weighted by atomic mass is 9.92. The molecule has 1 rings (SSSR count). The maximum atomic E-state index is 11.2. The van der Waals surface area contributed by atoms with Crippen LogP contribution in [0.4, 0.5) is 0 Å². The first-order valence-corrected chi connectivity index (χ1v) is 4.38. The Kier molecular flexibility index (Phi) is 3.49. The van der Waals surface area contributed by atoms with Gasteiger partial charge in [0.1, 0.15) is 0 Å². The van der Waals surface area contributed by atoms with Crippen molar-refractivity contribution in [3.05, 3.63) is 0 Å². The summed E-state index contributed by atoms with van der Waals surface area (Å²) >= 11 is 0. The van der Waals surface area contributed by atoms with Crippen molar-refractivity contribution in [1.29, 1.82) is 0 Å². The molecule has 0 aromatic heterocycles. The molecule has 0 saturated carbocycles. The van der Waals surface area contributed by atoms with Gasteiger partial charge in [-0.1, -0.05) is 0 Å². The molecule has 1 saturated heterocycles. The summed E-state index contributed by atoms with van der Waals surface area (Å²) in [6.07, 6.45) is 2.52. The molecule has 1 heterocycles. The average Bonchev–Trinajstić information content (AvgIpc) is 2.09. The monoisotopic (exact) mass is 172 g/mol. The third-order valence-electron chi connectivity index (χ3n) is 2.22. The van der Waals surface area contributed by atoms with Crippen LogP contribution in [0.2, 0.25) is 0 Å². The van der Waals surface area contributed by atoms with Gasteiger partial charge in [0.2, 0.25) is 5.91 Å². The van der Waals surface area contributed by atoms with Crippen molar-refractivity contribution in [2.24, 2.45) is 11.7 Å². The second kappa shape index (κ2) is 4.42. The number of amides is 1. The molecular formula is C8H16N2O2. The van der Waals surface area contributed by atoms with Gasteiger partial charge in [-0.15, -0.1) is 0 Å². The number of hydrogen-bond donors (Lipinski definition) is 3. The fourth-order valence-corrected chi connectivity index (χ4v) is 1.50. The minimum atomic E-state index is -0.251. The van der Waals surface area contributed by atoms with Gasteiger partial charge in [-0.25, -0.2) is 0 Å². The van der Waals surface area contributed by atoms with Crippen LogP contribution in [-0.4, -0.2) is 30.2 Å². The van der Waals surface area contributed by atoms with Crippen molar-refractivity contribution in [2.45, 2.75) is 25.3 Å². The molecule has 0 aromatic carbocycles. The van der Waals surface area contributed by atoms with Crippen LogP contribution in [-0.2, 0) is 4.79 Å². The van der Waals surface area contributed by atoms with Gasteiger partial charge >= 0.3 is 0 Å². The molecule has 1 amide bonds. The Morgan fingerprint density at radius 2 is 2.50 bits per heavy atom. The van der Waals surface area contributed by atoms with Crippen molar-refractivity contribution in [3.8, 4) is 0 Å². The van der Waals surface area contributed by atoms with Crippen LogP contribution < -0.4 is 11.1 Å². The van der Waals surface area contributed by atoms with E-state index in [9.17, 15) is 4.79 Å². The summed E-state index contributed by atoms with van der Waals surface area (Å²) in [5.74, 6) is 0.103. The lowest BCUT2D eigenvalue weighted by Gasteiger charge is -2.23. The second-order valence-electron chi connectivity index (χ2n) is 3.31. The van der Waals surface area contributed by atoms with Gasteiger partial charge in [-0.05, 0) is 19.3 Å². The summed E-state index contributed by atoms with van der Waals surface area (Å²) in [4.78, 5) is 11.2. The van der Waals surface area contributed by atoms with Crippen molar-refractivity contribution in [1.82, 2.24) is 5.32 Å². The largest absolute Gasteiger partial charge is 0.395 e. The zero-order valence-electron chi connectivity index (χ0n) is 7.12. The number of nitrogens with two attached hydrogens (primary N) is 1. The van der Waals surface area contributed by atoms with Gasteiger partial charge in [0.15, 0.2) is 0 Å². The molecule has 4 N–H and O–H groups in total. The lowest BCUT2D eigenvalue weighted by molar-refractivity contribution is -0.127. The van der Waals surface area contributed by atoms with Crippen LogP contribution in [0.5, 0.6) is 0 Å². The number of nitrogens with one attached hydrogen (secondary N) is 1. The van der Waals surface area contributed by atoms with E-state index in [-0.39, 0.29) is 24.5 Å². The number of aliphatic hydroxyl groups is 1. The summed E-state index contributed by atoms with van der Waals surface area (Å²) < 4.78 is 0. The van der Waals surface area contributed by atoms with Crippen molar-refractivity contribution in [2.75, 3.05) is 13.2 Å². The predicted octanol–water partition coefficient (Wildman–Crippen LogP) is -0.778. The Hall–Kier alpha value is -0.610. The fraction of sp³-hybridized carbons (Fsp3) is 0.875. The second-order valence-corrected chi connectivity index (χ2v) is 3.31. The number of hydrogen-bond acceptors (Lipinski definition) is 3. The number of rotatable bonds is 3.